The fourth-order valence-electron chi connectivity index (χ4n) is 1.34. The molecule has 1 rings (SSSR count). The molecule has 1 aromatic carbocycles. The molecule has 90 valence electrons. The summed E-state index contributed by atoms with van der Waals surface area (Å²) >= 11 is 8.13. The van der Waals surface area contributed by atoms with Crippen LogP contribution in [0.1, 0.15) is 31.4 Å². The highest BCUT2D eigenvalue weighted by Crippen LogP contribution is 2.23. The highest BCUT2D eigenvalue weighted by atomic mass is 35.5. The second-order valence-corrected chi connectivity index (χ2v) is 5.88. The van der Waals surface area contributed by atoms with E-state index in [1.54, 1.807) is 0 Å². The minimum atomic E-state index is 0.556. The van der Waals surface area contributed by atoms with Gasteiger partial charge in [-0.3, -0.25) is 0 Å². The van der Waals surface area contributed by atoms with E-state index in [1.165, 1.54) is 17.7 Å². The first-order chi connectivity index (χ1) is 7.63. The van der Waals surface area contributed by atoms with E-state index in [0.29, 0.717) is 6.54 Å². The lowest BCUT2D eigenvalue weighted by molar-refractivity contribution is 0.632. The summed E-state index contributed by atoms with van der Waals surface area (Å²) in [5, 5.41) is 0.847. The Kier molecular flexibility index (Phi) is 6.25. The molecule has 0 aliphatic heterocycles. The summed E-state index contributed by atoms with van der Waals surface area (Å²) < 4.78 is 0. The summed E-state index contributed by atoms with van der Waals surface area (Å²) in [5.74, 6) is 2.98. The van der Waals surface area contributed by atoms with Crippen LogP contribution in [0, 0.1) is 5.92 Å². The molecule has 1 nitrogen and oxygen atoms in total. The molecule has 1 aromatic rings. The van der Waals surface area contributed by atoms with E-state index >= 15 is 0 Å². The van der Waals surface area contributed by atoms with Gasteiger partial charge in [0.25, 0.3) is 0 Å². The van der Waals surface area contributed by atoms with Gasteiger partial charge in [0.05, 0.1) is 0 Å². The van der Waals surface area contributed by atoms with Gasteiger partial charge in [-0.25, -0.2) is 0 Å². The predicted molar refractivity (Wildman–Crippen MR) is 75.0 cm³/mol. The third-order valence-electron chi connectivity index (χ3n) is 2.45. The number of hydrogen-bond donors (Lipinski definition) is 1. The quantitative estimate of drug-likeness (QED) is 0.778. The molecule has 0 aromatic heterocycles. The van der Waals surface area contributed by atoms with Crippen LogP contribution < -0.4 is 5.73 Å². The van der Waals surface area contributed by atoms with Gasteiger partial charge in [0.15, 0.2) is 0 Å². The molecule has 0 amide bonds. The molecule has 16 heavy (non-hydrogen) atoms. The fraction of sp³-hybridized carbons (Fsp3) is 0.538. The molecule has 3 heteroatoms. The summed E-state index contributed by atoms with van der Waals surface area (Å²) in [7, 11) is 0. The van der Waals surface area contributed by atoms with Crippen molar-refractivity contribution in [2.24, 2.45) is 11.7 Å². The van der Waals surface area contributed by atoms with Crippen LogP contribution in [0.5, 0.6) is 0 Å². The summed E-state index contributed by atoms with van der Waals surface area (Å²) in [6.45, 7) is 5.06. The summed E-state index contributed by atoms with van der Waals surface area (Å²) in [4.78, 5) is 0. The second-order valence-electron chi connectivity index (χ2n) is 4.36. The van der Waals surface area contributed by atoms with E-state index in [2.05, 4.69) is 26.0 Å². The van der Waals surface area contributed by atoms with Crippen molar-refractivity contribution in [3.05, 3.63) is 34.3 Å². The predicted octanol–water partition coefficient (Wildman–Crippen LogP) is 4.08. The summed E-state index contributed by atoms with van der Waals surface area (Å²) in [5.41, 5.74) is 7.87. The van der Waals surface area contributed by atoms with Crippen LogP contribution in [0.4, 0.5) is 0 Å². The van der Waals surface area contributed by atoms with Gasteiger partial charge in [0, 0.05) is 17.3 Å². The van der Waals surface area contributed by atoms with E-state index in [0.717, 1.165) is 22.3 Å². The molecule has 0 unspecified atom stereocenters. The third-order valence-corrected chi connectivity index (χ3v) is 3.84. The van der Waals surface area contributed by atoms with Gasteiger partial charge in [-0.05, 0) is 35.3 Å². The first-order valence-corrected chi connectivity index (χ1v) is 7.22. The van der Waals surface area contributed by atoms with Crippen molar-refractivity contribution in [3.8, 4) is 0 Å². The molecule has 0 atom stereocenters. The molecule has 0 radical (unpaired) electrons. The second kappa shape index (κ2) is 7.21. The van der Waals surface area contributed by atoms with Crippen LogP contribution in [0.2, 0.25) is 5.02 Å². The lowest BCUT2D eigenvalue weighted by atomic mass is 10.1. The van der Waals surface area contributed by atoms with Crippen LogP contribution in [0.15, 0.2) is 18.2 Å². The lowest BCUT2D eigenvalue weighted by Gasteiger charge is -2.07. The van der Waals surface area contributed by atoms with E-state index in [-0.39, 0.29) is 0 Å². The standard InChI is InChI=1S/C13H20ClNS/c1-10(2)5-6-16-9-12-4-3-11(8-15)7-13(12)14/h3-4,7,10H,5-6,8-9,15H2,1-2H3. The molecular formula is C13H20ClNS. The van der Waals surface area contributed by atoms with Gasteiger partial charge >= 0.3 is 0 Å². The van der Waals surface area contributed by atoms with Crippen molar-refractivity contribution in [1.29, 1.82) is 0 Å². The zero-order valence-electron chi connectivity index (χ0n) is 10.0. The van der Waals surface area contributed by atoms with Gasteiger partial charge < -0.3 is 5.73 Å². The van der Waals surface area contributed by atoms with E-state index < -0.39 is 0 Å². The molecule has 0 aliphatic carbocycles. The van der Waals surface area contributed by atoms with E-state index in [1.807, 2.05) is 17.8 Å². The van der Waals surface area contributed by atoms with Crippen molar-refractivity contribution in [2.75, 3.05) is 5.75 Å². The Balaban J connectivity index is 2.42. The van der Waals surface area contributed by atoms with Crippen molar-refractivity contribution in [2.45, 2.75) is 32.6 Å². The van der Waals surface area contributed by atoms with E-state index in [9.17, 15) is 0 Å². The molecule has 0 saturated carbocycles. The minimum absolute atomic E-state index is 0.556. The minimum Gasteiger partial charge on any atom is -0.326 e. The Morgan fingerprint density at radius 2 is 2.12 bits per heavy atom. The Morgan fingerprint density at radius 3 is 2.69 bits per heavy atom. The molecule has 0 bridgehead atoms. The fourth-order valence-corrected chi connectivity index (χ4v) is 2.94. The molecule has 0 fully saturated rings. The first-order valence-electron chi connectivity index (χ1n) is 5.68. The van der Waals surface area contributed by atoms with Crippen molar-refractivity contribution in [3.63, 3.8) is 0 Å². The van der Waals surface area contributed by atoms with Gasteiger partial charge in [0.2, 0.25) is 0 Å². The van der Waals surface area contributed by atoms with Crippen LogP contribution in [-0.2, 0) is 12.3 Å². The maximum Gasteiger partial charge on any atom is 0.0449 e. The largest absolute Gasteiger partial charge is 0.326 e. The van der Waals surface area contributed by atoms with Crippen molar-refractivity contribution in [1.82, 2.24) is 0 Å². The molecular weight excluding hydrogens is 238 g/mol. The Labute approximate surface area is 108 Å². The van der Waals surface area contributed by atoms with Gasteiger partial charge in [-0.2, -0.15) is 11.8 Å². The number of rotatable bonds is 6. The lowest BCUT2D eigenvalue weighted by Crippen LogP contribution is -1.97. The highest BCUT2D eigenvalue weighted by molar-refractivity contribution is 7.98. The van der Waals surface area contributed by atoms with Crippen LogP contribution in [0.25, 0.3) is 0 Å². The topological polar surface area (TPSA) is 26.0 Å². The SMILES string of the molecule is CC(C)CCSCc1ccc(CN)cc1Cl. The van der Waals surface area contributed by atoms with Crippen molar-refractivity contribution >= 4 is 23.4 Å². The average molecular weight is 258 g/mol. The maximum atomic E-state index is 6.18. The Bertz CT molecular complexity index is 326. The molecule has 0 spiro atoms. The maximum absolute atomic E-state index is 6.18. The number of thioether (sulfide) groups is 1. The molecule has 0 aliphatic rings. The summed E-state index contributed by atoms with van der Waals surface area (Å²) in [6.07, 6.45) is 1.27. The van der Waals surface area contributed by atoms with Crippen LogP contribution in [-0.4, -0.2) is 5.75 Å². The van der Waals surface area contributed by atoms with Crippen LogP contribution >= 0.6 is 23.4 Å². The number of benzene rings is 1. The number of nitrogens with two attached hydrogens (primary N) is 1. The molecule has 2 N–H and O–H groups in total. The summed E-state index contributed by atoms with van der Waals surface area (Å²) in [6, 6.07) is 6.12. The van der Waals surface area contributed by atoms with Gasteiger partial charge in [-0.15, -0.1) is 0 Å². The normalized spacial score (nSPS) is 11.1. The number of halogens is 1. The Hall–Kier alpha value is -0.180. The first kappa shape index (κ1) is 13.9. The Morgan fingerprint density at radius 1 is 1.38 bits per heavy atom. The van der Waals surface area contributed by atoms with Gasteiger partial charge in [0.1, 0.15) is 0 Å². The zero-order valence-corrected chi connectivity index (χ0v) is 11.6. The molecule has 0 heterocycles. The molecule has 0 saturated heterocycles. The van der Waals surface area contributed by atoms with Gasteiger partial charge in [-0.1, -0.05) is 37.6 Å². The third kappa shape index (κ3) is 4.77. The van der Waals surface area contributed by atoms with E-state index in [4.69, 9.17) is 17.3 Å². The zero-order chi connectivity index (χ0) is 12.0. The van der Waals surface area contributed by atoms with Crippen LogP contribution in [0.3, 0.4) is 0 Å². The van der Waals surface area contributed by atoms with Crippen molar-refractivity contribution < 1.29 is 0 Å². The number of hydrogen-bond acceptors (Lipinski definition) is 2. The smallest absolute Gasteiger partial charge is 0.0449 e. The highest BCUT2D eigenvalue weighted by Gasteiger charge is 2.02. The average Bonchev–Trinajstić information content (AvgIpc) is 2.25. The monoisotopic (exact) mass is 257 g/mol.